The molecule has 1 aliphatic carbocycles. The SMILES string of the molecule is CC(C)N1CCC(NC(c2cccs2)C2CCCC2)C1. The van der Waals surface area contributed by atoms with Crippen LogP contribution in [0.15, 0.2) is 17.5 Å². The largest absolute Gasteiger partial charge is 0.305 e. The summed E-state index contributed by atoms with van der Waals surface area (Å²) in [6.45, 7) is 7.12. The average Bonchev–Trinajstić information content (AvgIpc) is 3.17. The van der Waals surface area contributed by atoms with Crippen molar-refractivity contribution in [1.82, 2.24) is 10.2 Å². The molecule has 2 atom stereocenters. The van der Waals surface area contributed by atoms with Crippen LogP contribution in [0.2, 0.25) is 0 Å². The topological polar surface area (TPSA) is 15.3 Å². The highest BCUT2D eigenvalue weighted by atomic mass is 32.1. The van der Waals surface area contributed by atoms with E-state index in [0.717, 1.165) is 5.92 Å². The molecule has 3 heteroatoms. The third-order valence-electron chi connectivity index (χ3n) is 5.09. The molecule has 0 spiro atoms. The number of hydrogen-bond donors (Lipinski definition) is 1. The molecule has 0 amide bonds. The lowest BCUT2D eigenvalue weighted by Gasteiger charge is -2.28. The molecule has 1 aliphatic heterocycles. The molecule has 0 aromatic carbocycles. The van der Waals surface area contributed by atoms with Crippen LogP contribution in [0.3, 0.4) is 0 Å². The van der Waals surface area contributed by atoms with E-state index in [1.54, 1.807) is 4.88 Å². The van der Waals surface area contributed by atoms with E-state index in [-0.39, 0.29) is 0 Å². The molecule has 2 nitrogen and oxygen atoms in total. The minimum absolute atomic E-state index is 0.606. The number of rotatable bonds is 5. The van der Waals surface area contributed by atoms with E-state index in [9.17, 15) is 0 Å². The van der Waals surface area contributed by atoms with Crippen LogP contribution in [0.5, 0.6) is 0 Å². The van der Waals surface area contributed by atoms with Crippen molar-refractivity contribution in [3.8, 4) is 0 Å². The van der Waals surface area contributed by atoms with E-state index in [1.807, 2.05) is 11.3 Å². The summed E-state index contributed by atoms with van der Waals surface area (Å²) >= 11 is 1.93. The molecule has 1 saturated carbocycles. The molecule has 3 rings (SSSR count). The Morgan fingerprint density at radius 2 is 2.05 bits per heavy atom. The van der Waals surface area contributed by atoms with Crippen LogP contribution in [-0.4, -0.2) is 30.1 Å². The van der Waals surface area contributed by atoms with Crippen molar-refractivity contribution in [2.75, 3.05) is 13.1 Å². The molecule has 1 N–H and O–H groups in total. The molecular formula is C17H28N2S. The number of nitrogens with zero attached hydrogens (tertiary/aromatic N) is 1. The van der Waals surface area contributed by atoms with Crippen molar-refractivity contribution in [3.63, 3.8) is 0 Å². The normalized spacial score (nSPS) is 26.6. The molecule has 2 aliphatic rings. The third kappa shape index (κ3) is 3.26. The van der Waals surface area contributed by atoms with Gasteiger partial charge in [-0.3, -0.25) is 4.90 Å². The number of nitrogens with one attached hydrogen (secondary N) is 1. The van der Waals surface area contributed by atoms with Crippen molar-refractivity contribution < 1.29 is 0 Å². The fourth-order valence-electron chi connectivity index (χ4n) is 3.86. The number of thiophene rings is 1. The Morgan fingerprint density at radius 1 is 1.25 bits per heavy atom. The van der Waals surface area contributed by atoms with Gasteiger partial charge in [0.25, 0.3) is 0 Å². The Morgan fingerprint density at radius 3 is 2.65 bits per heavy atom. The monoisotopic (exact) mass is 292 g/mol. The Kier molecular flexibility index (Phi) is 4.79. The lowest BCUT2D eigenvalue weighted by molar-refractivity contribution is 0.258. The summed E-state index contributed by atoms with van der Waals surface area (Å²) < 4.78 is 0. The van der Waals surface area contributed by atoms with E-state index >= 15 is 0 Å². The van der Waals surface area contributed by atoms with Crippen molar-refractivity contribution in [2.45, 2.75) is 64.1 Å². The standard InChI is InChI=1S/C17H28N2S/c1-13(2)19-10-9-15(12-19)18-17(14-6-3-4-7-14)16-8-5-11-20-16/h5,8,11,13-15,17-18H,3-4,6-7,9-10,12H2,1-2H3. The van der Waals surface area contributed by atoms with Crippen LogP contribution < -0.4 is 5.32 Å². The Balaban J connectivity index is 1.65. The van der Waals surface area contributed by atoms with Crippen molar-refractivity contribution in [3.05, 3.63) is 22.4 Å². The summed E-state index contributed by atoms with van der Waals surface area (Å²) in [5.41, 5.74) is 0. The van der Waals surface area contributed by atoms with Crippen molar-refractivity contribution >= 4 is 11.3 Å². The summed E-state index contributed by atoms with van der Waals surface area (Å²) in [6.07, 6.45) is 6.99. The van der Waals surface area contributed by atoms with Gasteiger partial charge in [0, 0.05) is 29.5 Å². The van der Waals surface area contributed by atoms with Gasteiger partial charge >= 0.3 is 0 Å². The van der Waals surface area contributed by atoms with Crippen LogP contribution in [0.1, 0.15) is 56.9 Å². The third-order valence-corrected chi connectivity index (χ3v) is 6.04. The van der Waals surface area contributed by atoms with Crippen LogP contribution in [0, 0.1) is 5.92 Å². The average molecular weight is 292 g/mol. The maximum atomic E-state index is 4.01. The molecule has 112 valence electrons. The Hall–Kier alpha value is -0.380. The lowest BCUT2D eigenvalue weighted by Crippen LogP contribution is -2.39. The van der Waals surface area contributed by atoms with Crippen LogP contribution in [0.25, 0.3) is 0 Å². The second kappa shape index (κ2) is 6.59. The zero-order chi connectivity index (χ0) is 13.9. The van der Waals surface area contributed by atoms with Gasteiger partial charge in [-0.1, -0.05) is 18.9 Å². The van der Waals surface area contributed by atoms with Crippen LogP contribution in [0.4, 0.5) is 0 Å². The minimum Gasteiger partial charge on any atom is -0.305 e. The van der Waals surface area contributed by atoms with Gasteiger partial charge in [-0.05, 0) is 57.0 Å². The highest BCUT2D eigenvalue weighted by molar-refractivity contribution is 7.10. The summed E-state index contributed by atoms with van der Waals surface area (Å²) in [5.74, 6) is 0.863. The lowest BCUT2D eigenvalue weighted by atomic mass is 9.95. The van der Waals surface area contributed by atoms with Crippen molar-refractivity contribution in [2.24, 2.45) is 5.92 Å². The first-order chi connectivity index (χ1) is 9.74. The maximum Gasteiger partial charge on any atom is 0.0445 e. The highest BCUT2D eigenvalue weighted by Gasteiger charge is 2.31. The first kappa shape index (κ1) is 14.6. The van der Waals surface area contributed by atoms with E-state index in [2.05, 4.69) is 41.6 Å². The van der Waals surface area contributed by atoms with Gasteiger partial charge in [-0.2, -0.15) is 0 Å². The molecule has 0 bridgehead atoms. The molecule has 2 unspecified atom stereocenters. The van der Waals surface area contributed by atoms with E-state index in [1.165, 1.54) is 45.2 Å². The molecule has 2 heterocycles. The smallest absolute Gasteiger partial charge is 0.0445 e. The zero-order valence-electron chi connectivity index (χ0n) is 12.8. The molecule has 1 aromatic heterocycles. The fraction of sp³-hybridized carbons (Fsp3) is 0.765. The molecule has 1 saturated heterocycles. The van der Waals surface area contributed by atoms with Crippen LogP contribution >= 0.6 is 11.3 Å². The molecule has 0 radical (unpaired) electrons. The summed E-state index contributed by atoms with van der Waals surface area (Å²) in [7, 11) is 0. The molecule has 2 fully saturated rings. The maximum absolute atomic E-state index is 4.01. The van der Waals surface area contributed by atoms with Gasteiger partial charge in [-0.15, -0.1) is 11.3 Å². The first-order valence-electron chi connectivity index (χ1n) is 8.27. The first-order valence-corrected chi connectivity index (χ1v) is 9.15. The molecule has 20 heavy (non-hydrogen) atoms. The van der Waals surface area contributed by atoms with E-state index in [4.69, 9.17) is 0 Å². The summed E-state index contributed by atoms with van der Waals surface area (Å²) in [6, 6.07) is 6.52. The number of likely N-dealkylation sites (tertiary alicyclic amines) is 1. The van der Waals surface area contributed by atoms with Gasteiger partial charge in [-0.25, -0.2) is 0 Å². The zero-order valence-corrected chi connectivity index (χ0v) is 13.7. The minimum atomic E-state index is 0.606. The Bertz CT molecular complexity index is 395. The van der Waals surface area contributed by atoms with Gasteiger partial charge in [0.05, 0.1) is 0 Å². The predicted octanol–water partition coefficient (Wildman–Crippen LogP) is 4.05. The second-order valence-electron chi connectivity index (χ2n) is 6.78. The van der Waals surface area contributed by atoms with Crippen molar-refractivity contribution in [1.29, 1.82) is 0 Å². The highest BCUT2D eigenvalue weighted by Crippen LogP contribution is 2.38. The Labute approximate surface area is 127 Å². The predicted molar refractivity (Wildman–Crippen MR) is 87.3 cm³/mol. The summed E-state index contributed by atoms with van der Waals surface area (Å²) in [5, 5.41) is 6.24. The van der Waals surface area contributed by atoms with Gasteiger partial charge < -0.3 is 5.32 Å². The van der Waals surface area contributed by atoms with Gasteiger partial charge in [0.15, 0.2) is 0 Å². The van der Waals surface area contributed by atoms with Gasteiger partial charge in [0.1, 0.15) is 0 Å². The summed E-state index contributed by atoms with van der Waals surface area (Å²) in [4.78, 5) is 4.16. The van der Waals surface area contributed by atoms with Gasteiger partial charge in [0.2, 0.25) is 0 Å². The molecule has 1 aromatic rings. The van der Waals surface area contributed by atoms with E-state index in [0.29, 0.717) is 18.1 Å². The fourth-order valence-corrected chi connectivity index (χ4v) is 4.73. The van der Waals surface area contributed by atoms with E-state index < -0.39 is 0 Å². The second-order valence-corrected chi connectivity index (χ2v) is 7.76. The quantitative estimate of drug-likeness (QED) is 0.880. The van der Waals surface area contributed by atoms with Crippen LogP contribution in [-0.2, 0) is 0 Å². The number of hydrogen-bond acceptors (Lipinski definition) is 3. The molecular weight excluding hydrogens is 264 g/mol.